The van der Waals surface area contributed by atoms with Crippen molar-refractivity contribution in [2.45, 2.75) is 26.2 Å². The van der Waals surface area contributed by atoms with Crippen LogP contribution in [0.15, 0.2) is 72.8 Å². The molecule has 6 heteroatoms. The van der Waals surface area contributed by atoms with Gasteiger partial charge >= 0.3 is 0 Å². The van der Waals surface area contributed by atoms with Gasteiger partial charge in [-0.25, -0.2) is 0 Å². The normalized spacial score (nSPS) is 18.6. The lowest BCUT2D eigenvalue weighted by atomic mass is 9.78. The average molecular weight is 505 g/mol. The van der Waals surface area contributed by atoms with Crippen LogP contribution < -0.4 is 0 Å². The van der Waals surface area contributed by atoms with Crippen LogP contribution in [0.1, 0.15) is 24.5 Å². The molecule has 0 N–H and O–H groups in total. The molecule has 2 aliphatic rings. The number of benzene rings is 2. The van der Waals surface area contributed by atoms with Crippen LogP contribution in [-0.4, -0.2) is 74.2 Å². The monoisotopic (exact) mass is 504 g/mol. The van der Waals surface area contributed by atoms with E-state index in [0.29, 0.717) is 71.9 Å². The van der Waals surface area contributed by atoms with Crippen LogP contribution in [0.4, 0.5) is 0 Å². The Labute approximate surface area is 221 Å². The summed E-state index contributed by atoms with van der Waals surface area (Å²) in [5.41, 5.74) is 3.24. The first-order valence-electron chi connectivity index (χ1n) is 13.5. The third kappa shape index (κ3) is 7.53. The Morgan fingerprint density at radius 3 is 1.73 bits per heavy atom. The SMILES string of the molecule is C=C(CC(Cc1ccccc1)C(=O)N1CCOCC1)C(C)C(Cc1ccccc1)C(=O)N1CCOCC1. The van der Waals surface area contributed by atoms with Gasteiger partial charge in [-0.1, -0.05) is 79.7 Å². The molecule has 2 saturated heterocycles. The molecular formula is C31H40N2O4. The van der Waals surface area contributed by atoms with Gasteiger partial charge in [0.1, 0.15) is 0 Å². The number of carbonyl (C=O) groups is 2. The molecule has 6 nitrogen and oxygen atoms in total. The molecule has 2 heterocycles. The second kappa shape index (κ2) is 13.5. The lowest BCUT2D eigenvalue weighted by molar-refractivity contribution is -0.140. The van der Waals surface area contributed by atoms with Gasteiger partial charge in [0.25, 0.3) is 0 Å². The van der Waals surface area contributed by atoms with Crippen LogP contribution in [0.25, 0.3) is 0 Å². The first kappa shape index (κ1) is 27.1. The standard InChI is InChI=1S/C31H40N2O4/c1-24(21-28(22-26-9-5-3-6-10-26)30(34)32-13-17-36-18-14-32)25(2)29(23-27-11-7-4-8-12-27)31(35)33-15-19-37-20-16-33/h3-12,25,28-29H,1,13-23H2,2H3. The minimum Gasteiger partial charge on any atom is -0.378 e. The summed E-state index contributed by atoms with van der Waals surface area (Å²) >= 11 is 0. The summed E-state index contributed by atoms with van der Waals surface area (Å²) in [6, 6.07) is 20.4. The third-order valence-corrected chi connectivity index (χ3v) is 7.69. The van der Waals surface area contributed by atoms with E-state index in [1.807, 2.05) is 46.2 Å². The van der Waals surface area contributed by atoms with Crippen molar-refractivity contribution in [3.05, 3.63) is 83.9 Å². The highest BCUT2D eigenvalue weighted by Crippen LogP contribution is 2.31. The highest BCUT2D eigenvalue weighted by atomic mass is 16.5. The Morgan fingerprint density at radius 2 is 1.22 bits per heavy atom. The van der Waals surface area contributed by atoms with Gasteiger partial charge in [0.15, 0.2) is 0 Å². The summed E-state index contributed by atoms with van der Waals surface area (Å²) in [6.45, 7) is 11.4. The highest BCUT2D eigenvalue weighted by molar-refractivity contribution is 5.81. The van der Waals surface area contributed by atoms with E-state index < -0.39 is 0 Å². The maximum atomic E-state index is 13.7. The quantitative estimate of drug-likeness (QED) is 0.459. The lowest BCUT2D eigenvalue weighted by Crippen LogP contribution is -2.46. The summed E-state index contributed by atoms with van der Waals surface area (Å²) in [7, 11) is 0. The number of amides is 2. The number of allylic oxidation sites excluding steroid dienone is 1. The van der Waals surface area contributed by atoms with Crippen LogP contribution in [-0.2, 0) is 31.9 Å². The van der Waals surface area contributed by atoms with Crippen LogP contribution >= 0.6 is 0 Å². The molecule has 2 fully saturated rings. The zero-order valence-corrected chi connectivity index (χ0v) is 22.0. The summed E-state index contributed by atoms with van der Waals surface area (Å²) in [6.07, 6.45) is 1.87. The number of hydrogen-bond donors (Lipinski definition) is 0. The molecule has 3 unspecified atom stereocenters. The van der Waals surface area contributed by atoms with Gasteiger partial charge in [0.2, 0.25) is 11.8 Å². The molecule has 2 aliphatic heterocycles. The first-order chi connectivity index (χ1) is 18.0. The number of rotatable bonds is 10. The fourth-order valence-corrected chi connectivity index (χ4v) is 5.34. The summed E-state index contributed by atoms with van der Waals surface area (Å²) in [5, 5.41) is 0. The van der Waals surface area contributed by atoms with Crippen molar-refractivity contribution < 1.29 is 19.1 Å². The molecular weight excluding hydrogens is 464 g/mol. The largest absolute Gasteiger partial charge is 0.378 e. The van der Waals surface area contributed by atoms with E-state index in [4.69, 9.17) is 9.47 Å². The second-order valence-electron chi connectivity index (χ2n) is 10.2. The zero-order chi connectivity index (χ0) is 26.0. The third-order valence-electron chi connectivity index (χ3n) is 7.69. The van der Waals surface area contributed by atoms with Gasteiger partial charge in [-0.2, -0.15) is 0 Å². The van der Waals surface area contributed by atoms with Crippen molar-refractivity contribution >= 4 is 11.8 Å². The Morgan fingerprint density at radius 1 is 0.757 bits per heavy atom. The van der Waals surface area contributed by atoms with E-state index in [1.54, 1.807) is 0 Å². The van der Waals surface area contributed by atoms with Crippen LogP contribution in [0.2, 0.25) is 0 Å². The van der Waals surface area contributed by atoms with Crippen LogP contribution in [0.5, 0.6) is 0 Å². The fourth-order valence-electron chi connectivity index (χ4n) is 5.34. The molecule has 0 saturated carbocycles. The van der Waals surface area contributed by atoms with Gasteiger partial charge in [-0.15, -0.1) is 0 Å². The lowest BCUT2D eigenvalue weighted by Gasteiger charge is -2.35. The zero-order valence-electron chi connectivity index (χ0n) is 22.0. The Hall–Kier alpha value is -2.96. The van der Waals surface area contributed by atoms with Gasteiger partial charge in [-0.05, 0) is 36.3 Å². The Kier molecular flexibility index (Phi) is 9.92. The predicted octanol–water partition coefficient (Wildman–Crippen LogP) is 4.00. The maximum Gasteiger partial charge on any atom is 0.226 e. The first-order valence-corrected chi connectivity index (χ1v) is 13.5. The Balaban J connectivity index is 1.52. The molecule has 198 valence electrons. The van der Waals surface area contributed by atoms with E-state index in [-0.39, 0.29) is 29.6 Å². The van der Waals surface area contributed by atoms with Crippen molar-refractivity contribution in [1.82, 2.24) is 9.80 Å². The molecule has 2 aromatic carbocycles. The molecule has 0 aromatic heterocycles. The minimum atomic E-state index is -0.233. The molecule has 4 rings (SSSR count). The topological polar surface area (TPSA) is 59.1 Å². The number of hydrogen-bond acceptors (Lipinski definition) is 4. The average Bonchev–Trinajstić information content (AvgIpc) is 2.96. The molecule has 0 spiro atoms. The van der Waals surface area contributed by atoms with Crippen molar-refractivity contribution in [2.75, 3.05) is 52.6 Å². The molecule has 2 amide bonds. The van der Waals surface area contributed by atoms with Crippen LogP contribution in [0.3, 0.4) is 0 Å². The van der Waals surface area contributed by atoms with Crippen molar-refractivity contribution in [1.29, 1.82) is 0 Å². The van der Waals surface area contributed by atoms with Crippen molar-refractivity contribution in [2.24, 2.45) is 17.8 Å². The number of morpholine rings is 2. The van der Waals surface area contributed by atoms with Gasteiger partial charge in [0.05, 0.1) is 26.4 Å². The minimum absolute atomic E-state index is 0.0636. The Bertz CT molecular complexity index is 1010. The summed E-state index contributed by atoms with van der Waals surface area (Å²) < 4.78 is 11.0. The molecule has 2 aromatic rings. The number of nitrogens with zero attached hydrogens (tertiary/aromatic N) is 2. The van der Waals surface area contributed by atoms with Gasteiger partial charge < -0.3 is 19.3 Å². The fraction of sp³-hybridized carbons (Fsp3) is 0.484. The van der Waals surface area contributed by atoms with E-state index in [1.165, 1.54) is 0 Å². The van der Waals surface area contributed by atoms with E-state index in [2.05, 4.69) is 37.8 Å². The molecule has 0 aliphatic carbocycles. The van der Waals surface area contributed by atoms with Crippen LogP contribution in [0, 0.1) is 17.8 Å². The summed E-state index contributed by atoms with van der Waals surface area (Å²) in [4.78, 5) is 31.2. The molecule has 0 bridgehead atoms. The number of carbonyl (C=O) groups excluding carboxylic acids is 2. The van der Waals surface area contributed by atoms with Crippen molar-refractivity contribution in [3.63, 3.8) is 0 Å². The maximum absolute atomic E-state index is 13.7. The van der Waals surface area contributed by atoms with Gasteiger partial charge in [0, 0.05) is 38.0 Å². The molecule has 3 atom stereocenters. The smallest absolute Gasteiger partial charge is 0.226 e. The van der Waals surface area contributed by atoms with Crippen molar-refractivity contribution in [3.8, 4) is 0 Å². The highest BCUT2D eigenvalue weighted by Gasteiger charge is 2.34. The molecule has 37 heavy (non-hydrogen) atoms. The number of ether oxygens (including phenoxy) is 2. The molecule has 0 radical (unpaired) electrons. The van der Waals surface area contributed by atoms with E-state index in [9.17, 15) is 9.59 Å². The predicted molar refractivity (Wildman–Crippen MR) is 145 cm³/mol. The van der Waals surface area contributed by atoms with E-state index in [0.717, 1.165) is 16.7 Å². The summed E-state index contributed by atoms with van der Waals surface area (Å²) in [5.74, 6) is -0.207. The second-order valence-corrected chi connectivity index (χ2v) is 10.2. The van der Waals surface area contributed by atoms with Gasteiger partial charge in [-0.3, -0.25) is 9.59 Å². The van der Waals surface area contributed by atoms with E-state index >= 15 is 0 Å².